The second-order valence-corrected chi connectivity index (χ2v) is 11.0. The van der Waals surface area contributed by atoms with Crippen molar-refractivity contribution in [2.24, 2.45) is 0 Å². The molecule has 1 heterocycles. The Labute approximate surface area is 217 Å². The first-order chi connectivity index (χ1) is 17.6. The third-order valence-corrected chi connectivity index (χ3v) is 8.49. The summed E-state index contributed by atoms with van der Waals surface area (Å²) in [5.41, 5.74) is 1.35. The van der Waals surface area contributed by atoms with Crippen molar-refractivity contribution in [2.75, 3.05) is 16.7 Å². The van der Waals surface area contributed by atoms with E-state index in [-0.39, 0.29) is 22.9 Å². The van der Waals surface area contributed by atoms with Gasteiger partial charge in [-0.1, -0.05) is 24.3 Å². The summed E-state index contributed by atoms with van der Waals surface area (Å²) in [6.45, 7) is 3.22. The topological polar surface area (TPSA) is 71.5 Å². The largest absolute Gasteiger partial charge is 0.497 e. The number of anilines is 2. The highest BCUT2D eigenvalue weighted by molar-refractivity contribution is 7.93. The van der Waals surface area contributed by atoms with Gasteiger partial charge in [-0.2, -0.15) is 0 Å². The minimum Gasteiger partial charge on any atom is -0.497 e. The predicted octanol–water partition coefficient (Wildman–Crippen LogP) is 6.45. The average Bonchev–Trinajstić information content (AvgIpc) is 3.39. The third kappa shape index (κ3) is 5.57. The van der Waals surface area contributed by atoms with Gasteiger partial charge in [0.25, 0.3) is 10.0 Å². The van der Waals surface area contributed by atoms with E-state index in [1.165, 1.54) is 31.5 Å². The van der Waals surface area contributed by atoms with Crippen molar-refractivity contribution in [3.63, 3.8) is 0 Å². The number of aryl methyl sites for hydroxylation is 1. The van der Waals surface area contributed by atoms with Crippen LogP contribution in [0.3, 0.4) is 0 Å². The Kier molecular flexibility index (Phi) is 7.74. The van der Waals surface area contributed by atoms with E-state index in [0.717, 1.165) is 27.3 Å². The Bertz CT molecular complexity index is 1510. The number of thiazole rings is 1. The summed E-state index contributed by atoms with van der Waals surface area (Å²) in [5, 5.41) is 4.41. The van der Waals surface area contributed by atoms with E-state index in [1.807, 2.05) is 0 Å². The highest BCUT2D eigenvalue weighted by Crippen LogP contribution is 2.33. The number of sulfonamides is 1. The van der Waals surface area contributed by atoms with Crippen LogP contribution in [-0.2, 0) is 16.6 Å². The van der Waals surface area contributed by atoms with E-state index in [1.54, 1.807) is 43.5 Å². The van der Waals surface area contributed by atoms with Crippen LogP contribution in [0.5, 0.6) is 5.75 Å². The minimum absolute atomic E-state index is 0.102. The van der Waals surface area contributed by atoms with Crippen LogP contribution in [0.1, 0.15) is 29.7 Å². The standard InChI is InChI=1S/C26H24F3N3O3S2/c1-16-12-19(35-3)9-8-18(16)15-32(26-30-10-11-36-26)37(33,34)25-14-22(28)24(13-23(25)29)31-17(2)20-6-4-5-7-21(20)27/h4-14,17,31H,15H2,1-3H3/t17-/m0/s1. The third-order valence-electron chi connectivity index (χ3n) is 5.83. The molecule has 1 aromatic heterocycles. The molecule has 0 bridgehead atoms. The van der Waals surface area contributed by atoms with Crippen molar-refractivity contribution >= 4 is 32.2 Å². The second-order valence-electron chi connectivity index (χ2n) is 8.27. The molecule has 4 rings (SSSR count). The van der Waals surface area contributed by atoms with Crippen molar-refractivity contribution in [3.8, 4) is 5.75 Å². The molecular weight excluding hydrogens is 523 g/mol. The SMILES string of the molecule is COc1ccc(CN(c2nccs2)S(=O)(=O)c2cc(F)c(N[C@@H](C)c3ccccc3F)cc2F)c(C)c1. The van der Waals surface area contributed by atoms with E-state index in [0.29, 0.717) is 17.4 Å². The number of aromatic nitrogens is 1. The normalized spacial score (nSPS) is 12.3. The Morgan fingerprint density at radius 2 is 1.81 bits per heavy atom. The van der Waals surface area contributed by atoms with Gasteiger partial charge in [-0.05, 0) is 49.2 Å². The van der Waals surface area contributed by atoms with Gasteiger partial charge in [-0.15, -0.1) is 11.3 Å². The van der Waals surface area contributed by atoms with Gasteiger partial charge in [0, 0.05) is 23.2 Å². The van der Waals surface area contributed by atoms with Crippen molar-refractivity contribution in [2.45, 2.75) is 31.3 Å². The van der Waals surface area contributed by atoms with Gasteiger partial charge in [-0.3, -0.25) is 0 Å². The summed E-state index contributed by atoms with van der Waals surface area (Å²) < 4.78 is 77.9. The van der Waals surface area contributed by atoms with Gasteiger partial charge in [0.2, 0.25) is 0 Å². The molecule has 0 amide bonds. The van der Waals surface area contributed by atoms with Crippen LogP contribution < -0.4 is 14.4 Å². The molecular formula is C26H24F3N3O3S2. The molecule has 0 aliphatic heterocycles. The minimum atomic E-state index is -4.56. The van der Waals surface area contributed by atoms with Crippen molar-refractivity contribution in [3.05, 3.63) is 100 Å². The zero-order valence-electron chi connectivity index (χ0n) is 20.2. The molecule has 0 saturated heterocycles. The number of methoxy groups -OCH3 is 1. The summed E-state index contributed by atoms with van der Waals surface area (Å²) in [7, 11) is -3.04. The molecule has 11 heteroatoms. The molecule has 1 atom stereocenters. The van der Waals surface area contributed by atoms with E-state index < -0.39 is 38.4 Å². The molecule has 4 aromatic rings. The second kappa shape index (κ2) is 10.8. The number of halogens is 3. The predicted molar refractivity (Wildman–Crippen MR) is 138 cm³/mol. The number of rotatable bonds is 9. The molecule has 0 unspecified atom stereocenters. The van der Waals surface area contributed by atoms with E-state index in [4.69, 9.17) is 4.74 Å². The first-order valence-corrected chi connectivity index (χ1v) is 13.5. The maximum Gasteiger partial charge on any atom is 0.269 e. The molecule has 0 radical (unpaired) electrons. The fourth-order valence-electron chi connectivity index (χ4n) is 3.81. The lowest BCUT2D eigenvalue weighted by Gasteiger charge is -2.24. The molecule has 0 spiro atoms. The molecule has 6 nitrogen and oxygen atoms in total. The molecule has 0 aliphatic rings. The first kappa shape index (κ1) is 26.5. The van der Waals surface area contributed by atoms with Crippen LogP contribution in [0, 0.1) is 24.4 Å². The molecule has 0 saturated carbocycles. The number of nitrogens with one attached hydrogen (secondary N) is 1. The molecule has 37 heavy (non-hydrogen) atoms. The zero-order valence-corrected chi connectivity index (χ0v) is 21.8. The lowest BCUT2D eigenvalue weighted by Crippen LogP contribution is -2.31. The molecule has 194 valence electrons. The van der Waals surface area contributed by atoms with E-state index in [9.17, 15) is 12.8 Å². The van der Waals surface area contributed by atoms with Crippen LogP contribution >= 0.6 is 11.3 Å². The van der Waals surface area contributed by atoms with Crippen molar-refractivity contribution in [1.29, 1.82) is 0 Å². The van der Waals surface area contributed by atoms with Crippen molar-refractivity contribution in [1.82, 2.24) is 4.98 Å². The molecule has 0 fully saturated rings. The van der Waals surface area contributed by atoms with Gasteiger partial charge in [0.15, 0.2) is 5.13 Å². The number of ether oxygens (including phenoxy) is 1. The number of hydrogen-bond donors (Lipinski definition) is 1. The maximum absolute atomic E-state index is 15.3. The van der Waals surface area contributed by atoms with Gasteiger partial charge in [0.05, 0.1) is 25.4 Å². The average molecular weight is 548 g/mol. The van der Waals surface area contributed by atoms with Gasteiger partial charge >= 0.3 is 0 Å². The van der Waals surface area contributed by atoms with Gasteiger partial charge in [0.1, 0.15) is 28.1 Å². The van der Waals surface area contributed by atoms with Crippen LogP contribution in [0.2, 0.25) is 0 Å². The molecule has 1 N–H and O–H groups in total. The summed E-state index contributed by atoms with van der Waals surface area (Å²) in [6.07, 6.45) is 1.43. The smallest absolute Gasteiger partial charge is 0.269 e. The van der Waals surface area contributed by atoms with Crippen LogP contribution in [-0.4, -0.2) is 20.5 Å². The summed E-state index contributed by atoms with van der Waals surface area (Å²) in [4.78, 5) is 3.26. The molecule has 3 aromatic carbocycles. The van der Waals surface area contributed by atoms with E-state index >= 15 is 8.78 Å². The Balaban J connectivity index is 1.69. The van der Waals surface area contributed by atoms with Gasteiger partial charge in [-0.25, -0.2) is 30.9 Å². The molecule has 0 aliphatic carbocycles. The van der Waals surface area contributed by atoms with Crippen LogP contribution in [0.15, 0.2) is 71.1 Å². The Morgan fingerprint density at radius 1 is 1.05 bits per heavy atom. The van der Waals surface area contributed by atoms with Crippen LogP contribution in [0.25, 0.3) is 0 Å². The Hall–Kier alpha value is -3.57. The van der Waals surface area contributed by atoms with Crippen molar-refractivity contribution < 1.29 is 26.3 Å². The lowest BCUT2D eigenvalue weighted by molar-refractivity contribution is 0.414. The summed E-state index contributed by atoms with van der Waals surface area (Å²) >= 11 is 1.05. The zero-order chi connectivity index (χ0) is 26.7. The highest BCUT2D eigenvalue weighted by Gasteiger charge is 2.31. The van der Waals surface area contributed by atoms with E-state index in [2.05, 4.69) is 10.3 Å². The fourth-order valence-corrected chi connectivity index (χ4v) is 6.14. The Morgan fingerprint density at radius 3 is 2.46 bits per heavy atom. The summed E-state index contributed by atoms with van der Waals surface area (Å²) in [5.74, 6) is -2.05. The maximum atomic E-state index is 15.3. The monoisotopic (exact) mass is 547 g/mol. The fraction of sp³-hybridized carbons (Fsp3) is 0.192. The number of hydrogen-bond acceptors (Lipinski definition) is 6. The van der Waals surface area contributed by atoms with Gasteiger partial charge < -0.3 is 10.1 Å². The lowest BCUT2D eigenvalue weighted by atomic mass is 10.1. The quantitative estimate of drug-likeness (QED) is 0.261. The summed E-state index contributed by atoms with van der Waals surface area (Å²) in [6, 6.07) is 11.8. The van der Waals surface area contributed by atoms with Crippen LogP contribution in [0.4, 0.5) is 24.0 Å². The highest BCUT2D eigenvalue weighted by atomic mass is 32.2. The number of benzene rings is 3. The number of nitrogens with zero attached hydrogens (tertiary/aromatic N) is 2. The first-order valence-electron chi connectivity index (χ1n) is 11.2.